The topological polar surface area (TPSA) is 92.5 Å². The molecule has 0 fully saturated rings. The van der Waals surface area contributed by atoms with Gasteiger partial charge in [0, 0.05) is 18.7 Å². The Bertz CT molecular complexity index is 856. The summed E-state index contributed by atoms with van der Waals surface area (Å²) in [6.45, 7) is 0.170. The van der Waals surface area contributed by atoms with Crippen LogP contribution in [0.3, 0.4) is 0 Å². The predicted octanol–water partition coefficient (Wildman–Crippen LogP) is 3.59. The third kappa shape index (κ3) is 3.52. The molecule has 1 aliphatic rings. The van der Waals surface area contributed by atoms with Crippen molar-refractivity contribution in [2.24, 2.45) is 0 Å². The summed E-state index contributed by atoms with van der Waals surface area (Å²) in [6.07, 6.45) is 0.473. The summed E-state index contributed by atoms with van der Waals surface area (Å²) in [7, 11) is 0. The number of carbonyl (C=O) groups is 3. The zero-order valence-corrected chi connectivity index (χ0v) is 15.1. The van der Waals surface area contributed by atoms with Gasteiger partial charge in [0.1, 0.15) is 0 Å². The van der Waals surface area contributed by atoms with Gasteiger partial charge in [-0.3, -0.25) is 19.3 Å². The van der Waals surface area contributed by atoms with Crippen molar-refractivity contribution in [3.63, 3.8) is 0 Å². The molecule has 2 aromatic carbocycles. The van der Waals surface area contributed by atoms with Crippen molar-refractivity contribution >= 4 is 52.3 Å². The average molecular weight is 392 g/mol. The van der Waals surface area contributed by atoms with Crippen LogP contribution in [0.2, 0.25) is 10.0 Å². The lowest BCUT2D eigenvalue weighted by Crippen LogP contribution is -2.31. The van der Waals surface area contributed by atoms with Crippen LogP contribution in [-0.4, -0.2) is 29.2 Å². The summed E-state index contributed by atoms with van der Waals surface area (Å²) in [5.41, 5.74) is 7.12. The zero-order valence-electron chi connectivity index (χ0n) is 13.6. The molecule has 0 spiro atoms. The summed E-state index contributed by atoms with van der Waals surface area (Å²) in [5, 5.41) is 3.16. The fraction of sp³-hybridized carbons (Fsp3) is 0.167. The molecule has 1 aliphatic heterocycles. The lowest BCUT2D eigenvalue weighted by atomic mass is 10.1. The number of nitrogens with zero attached hydrogens (tertiary/aromatic N) is 1. The Morgan fingerprint density at radius 3 is 2.12 bits per heavy atom. The zero-order chi connectivity index (χ0) is 18.8. The highest BCUT2D eigenvalue weighted by atomic mass is 35.5. The fourth-order valence-electron chi connectivity index (χ4n) is 2.72. The van der Waals surface area contributed by atoms with Crippen molar-refractivity contribution in [1.82, 2.24) is 4.90 Å². The number of imide groups is 1. The van der Waals surface area contributed by atoms with E-state index in [1.165, 1.54) is 12.1 Å². The van der Waals surface area contributed by atoms with Crippen LogP contribution in [0, 0.1) is 0 Å². The van der Waals surface area contributed by atoms with E-state index in [9.17, 15) is 14.4 Å². The first-order valence-corrected chi connectivity index (χ1v) is 8.63. The van der Waals surface area contributed by atoms with Gasteiger partial charge in [0.05, 0.1) is 26.9 Å². The number of nitrogens with one attached hydrogen (secondary N) is 1. The third-order valence-corrected chi connectivity index (χ3v) is 4.65. The van der Waals surface area contributed by atoms with Crippen LogP contribution in [-0.2, 0) is 4.79 Å². The molecule has 0 bridgehead atoms. The van der Waals surface area contributed by atoms with E-state index in [1.54, 1.807) is 24.3 Å². The average Bonchev–Trinajstić information content (AvgIpc) is 2.85. The Morgan fingerprint density at radius 2 is 1.58 bits per heavy atom. The number of fused-ring (bicyclic) bond motifs is 1. The molecule has 26 heavy (non-hydrogen) atoms. The number of anilines is 2. The number of halogens is 2. The summed E-state index contributed by atoms with van der Waals surface area (Å²) in [5.74, 6) is -0.940. The number of carbonyl (C=O) groups excluding carboxylic acids is 3. The molecular weight excluding hydrogens is 377 g/mol. The van der Waals surface area contributed by atoms with Crippen molar-refractivity contribution in [3.05, 3.63) is 57.6 Å². The second-order valence-corrected chi connectivity index (χ2v) is 6.63. The molecule has 3 amide bonds. The van der Waals surface area contributed by atoms with Crippen LogP contribution in [0.4, 0.5) is 11.4 Å². The van der Waals surface area contributed by atoms with Gasteiger partial charge in [-0.05, 0) is 30.7 Å². The normalized spacial score (nSPS) is 13.1. The largest absolute Gasteiger partial charge is 0.396 e. The molecule has 0 radical (unpaired) electrons. The molecule has 1 heterocycles. The highest BCUT2D eigenvalue weighted by molar-refractivity contribution is 6.39. The number of benzene rings is 2. The minimum atomic E-state index is -0.330. The predicted molar refractivity (Wildman–Crippen MR) is 101 cm³/mol. The van der Waals surface area contributed by atoms with Crippen molar-refractivity contribution in [2.45, 2.75) is 12.8 Å². The summed E-state index contributed by atoms with van der Waals surface area (Å²) in [4.78, 5) is 37.7. The van der Waals surface area contributed by atoms with Crippen LogP contribution >= 0.6 is 23.2 Å². The van der Waals surface area contributed by atoms with E-state index < -0.39 is 0 Å². The smallest absolute Gasteiger partial charge is 0.261 e. The maximum Gasteiger partial charge on any atom is 0.261 e. The molecule has 0 aromatic heterocycles. The van der Waals surface area contributed by atoms with Crippen LogP contribution in [0.15, 0.2) is 36.4 Å². The van der Waals surface area contributed by atoms with Gasteiger partial charge < -0.3 is 11.1 Å². The molecule has 8 heteroatoms. The minimum Gasteiger partial charge on any atom is -0.396 e. The highest BCUT2D eigenvalue weighted by Gasteiger charge is 2.34. The van der Waals surface area contributed by atoms with Gasteiger partial charge in [-0.15, -0.1) is 0 Å². The van der Waals surface area contributed by atoms with E-state index >= 15 is 0 Å². The van der Waals surface area contributed by atoms with Crippen molar-refractivity contribution in [2.75, 3.05) is 17.6 Å². The van der Waals surface area contributed by atoms with E-state index in [-0.39, 0.29) is 46.4 Å². The Kier molecular flexibility index (Phi) is 5.15. The van der Waals surface area contributed by atoms with Gasteiger partial charge in [0.25, 0.3) is 11.8 Å². The maximum atomic E-state index is 12.2. The number of nitrogens with two attached hydrogens (primary N) is 1. The van der Waals surface area contributed by atoms with E-state index in [0.717, 1.165) is 4.90 Å². The van der Waals surface area contributed by atoms with Gasteiger partial charge in [-0.2, -0.15) is 0 Å². The Balaban J connectivity index is 1.55. The fourth-order valence-corrected chi connectivity index (χ4v) is 3.21. The standard InChI is InChI=1S/C18H15Cl2N3O3/c19-13-8-10(9-14(20)16(13)21)22-15(24)6-3-7-23-17(25)11-4-1-2-5-12(11)18(23)26/h1-2,4-5,8-9H,3,6-7,21H2,(H,22,24). The second kappa shape index (κ2) is 7.35. The molecule has 0 atom stereocenters. The summed E-state index contributed by atoms with van der Waals surface area (Å²) < 4.78 is 0. The van der Waals surface area contributed by atoms with Crippen molar-refractivity contribution in [3.8, 4) is 0 Å². The first-order chi connectivity index (χ1) is 12.4. The molecule has 3 rings (SSSR count). The first-order valence-electron chi connectivity index (χ1n) is 7.88. The lowest BCUT2D eigenvalue weighted by molar-refractivity contribution is -0.116. The van der Waals surface area contributed by atoms with Crippen LogP contribution in [0.25, 0.3) is 0 Å². The van der Waals surface area contributed by atoms with Gasteiger partial charge in [0.15, 0.2) is 0 Å². The maximum absolute atomic E-state index is 12.2. The Labute approximate surface area is 159 Å². The SMILES string of the molecule is Nc1c(Cl)cc(NC(=O)CCCN2C(=O)c3ccccc3C2=O)cc1Cl. The summed E-state index contributed by atoms with van der Waals surface area (Å²) in [6, 6.07) is 9.68. The number of hydrogen-bond donors (Lipinski definition) is 2. The van der Waals surface area contributed by atoms with E-state index in [0.29, 0.717) is 23.2 Å². The van der Waals surface area contributed by atoms with Gasteiger partial charge in [0.2, 0.25) is 5.91 Å². The molecule has 0 unspecified atom stereocenters. The van der Waals surface area contributed by atoms with Crippen LogP contribution in [0.5, 0.6) is 0 Å². The van der Waals surface area contributed by atoms with E-state index in [2.05, 4.69) is 5.32 Å². The molecule has 2 aromatic rings. The van der Waals surface area contributed by atoms with Crippen molar-refractivity contribution < 1.29 is 14.4 Å². The molecule has 3 N–H and O–H groups in total. The lowest BCUT2D eigenvalue weighted by Gasteiger charge is -2.13. The molecule has 0 aliphatic carbocycles. The number of amides is 3. The molecule has 6 nitrogen and oxygen atoms in total. The van der Waals surface area contributed by atoms with Gasteiger partial charge >= 0.3 is 0 Å². The summed E-state index contributed by atoms with van der Waals surface area (Å²) >= 11 is 11.9. The van der Waals surface area contributed by atoms with Crippen LogP contribution < -0.4 is 11.1 Å². The van der Waals surface area contributed by atoms with E-state index in [4.69, 9.17) is 28.9 Å². The third-order valence-electron chi connectivity index (χ3n) is 4.03. The van der Waals surface area contributed by atoms with Gasteiger partial charge in [-0.1, -0.05) is 35.3 Å². The second-order valence-electron chi connectivity index (χ2n) is 5.81. The Hall–Kier alpha value is -2.57. The highest BCUT2D eigenvalue weighted by Crippen LogP contribution is 2.31. The van der Waals surface area contributed by atoms with E-state index in [1.807, 2.05) is 0 Å². The number of nitrogen functional groups attached to an aromatic ring is 1. The van der Waals surface area contributed by atoms with Gasteiger partial charge in [-0.25, -0.2) is 0 Å². The first kappa shape index (κ1) is 18.2. The quantitative estimate of drug-likeness (QED) is 0.601. The molecular formula is C18H15Cl2N3O3. The molecule has 0 saturated carbocycles. The van der Waals surface area contributed by atoms with Crippen molar-refractivity contribution in [1.29, 1.82) is 0 Å². The monoisotopic (exact) mass is 391 g/mol. The Morgan fingerprint density at radius 1 is 1.04 bits per heavy atom. The molecule has 134 valence electrons. The minimum absolute atomic E-state index is 0.132. The van der Waals surface area contributed by atoms with Crippen LogP contribution in [0.1, 0.15) is 33.6 Å². The number of rotatable bonds is 5. The number of hydrogen-bond acceptors (Lipinski definition) is 4. The molecule has 0 saturated heterocycles.